The molecule has 0 aromatic carbocycles. The van der Waals surface area contributed by atoms with Gasteiger partial charge in [-0.3, -0.25) is 9.59 Å². The average molecular weight is 288 g/mol. The number of amides is 2. The fourth-order valence-corrected chi connectivity index (χ4v) is 1.94. The molecule has 18 heavy (non-hydrogen) atoms. The van der Waals surface area contributed by atoms with Gasteiger partial charge in [0, 0.05) is 25.2 Å². The number of hydrogen-bond donors (Lipinski definition) is 2. The Balaban J connectivity index is 1.99. The van der Waals surface area contributed by atoms with Gasteiger partial charge in [0.15, 0.2) is 0 Å². The predicted octanol–water partition coefficient (Wildman–Crippen LogP) is 1.40. The number of rotatable bonds is 2. The van der Waals surface area contributed by atoms with Gasteiger partial charge in [-0.25, -0.2) is 4.98 Å². The molecule has 1 aliphatic heterocycles. The summed E-state index contributed by atoms with van der Waals surface area (Å²) in [6, 6.07) is 1.40. The van der Waals surface area contributed by atoms with Gasteiger partial charge in [0.05, 0.1) is 10.6 Å². The molecular formula is C11H11Cl2N3O2. The van der Waals surface area contributed by atoms with E-state index in [0.29, 0.717) is 24.9 Å². The third-order valence-corrected chi connectivity index (χ3v) is 3.35. The number of carbonyl (C=O) groups is 2. The monoisotopic (exact) mass is 287 g/mol. The van der Waals surface area contributed by atoms with Crippen LogP contribution in [-0.2, 0) is 4.79 Å². The fourth-order valence-electron chi connectivity index (χ4n) is 1.67. The Morgan fingerprint density at radius 3 is 2.89 bits per heavy atom. The second kappa shape index (κ2) is 5.54. The van der Waals surface area contributed by atoms with Crippen LogP contribution in [0.4, 0.5) is 0 Å². The number of nitrogens with one attached hydrogen (secondary N) is 2. The number of aromatic nitrogens is 1. The standard InChI is InChI=1S/C11H11Cl2N3O2/c12-8-3-6(4-15-10(8)13)11(18)16-7-1-2-9(17)14-5-7/h3-4,7H,1-2,5H2,(H,14,17)(H,16,18). The maximum Gasteiger partial charge on any atom is 0.253 e. The van der Waals surface area contributed by atoms with E-state index < -0.39 is 0 Å². The van der Waals surface area contributed by atoms with Gasteiger partial charge in [0.1, 0.15) is 5.15 Å². The van der Waals surface area contributed by atoms with Gasteiger partial charge in [-0.1, -0.05) is 23.2 Å². The highest BCUT2D eigenvalue weighted by Gasteiger charge is 2.20. The SMILES string of the molecule is O=C1CCC(NC(=O)c2cnc(Cl)c(Cl)c2)CN1. The second-order valence-electron chi connectivity index (χ2n) is 4.01. The van der Waals surface area contributed by atoms with Crippen molar-refractivity contribution in [2.24, 2.45) is 0 Å². The van der Waals surface area contributed by atoms with Crippen LogP contribution in [0.5, 0.6) is 0 Å². The Labute approximate surface area is 114 Å². The topological polar surface area (TPSA) is 71.1 Å². The molecule has 1 aliphatic rings. The highest BCUT2D eigenvalue weighted by atomic mass is 35.5. The lowest BCUT2D eigenvalue weighted by atomic mass is 10.1. The van der Waals surface area contributed by atoms with Crippen molar-refractivity contribution in [1.82, 2.24) is 15.6 Å². The van der Waals surface area contributed by atoms with Crippen molar-refractivity contribution in [3.63, 3.8) is 0 Å². The molecule has 0 spiro atoms. The molecule has 1 aromatic rings. The number of pyridine rings is 1. The van der Waals surface area contributed by atoms with Gasteiger partial charge in [-0.05, 0) is 12.5 Å². The molecule has 2 N–H and O–H groups in total. The quantitative estimate of drug-likeness (QED) is 0.808. The van der Waals surface area contributed by atoms with Crippen molar-refractivity contribution in [2.45, 2.75) is 18.9 Å². The smallest absolute Gasteiger partial charge is 0.253 e. The van der Waals surface area contributed by atoms with E-state index in [1.807, 2.05) is 0 Å². The molecule has 1 aromatic heterocycles. The summed E-state index contributed by atoms with van der Waals surface area (Å²) in [6.07, 6.45) is 2.42. The molecule has 7 heteroatoms. The number of carbonyl (C=O) groups excluding carboxylic acids is 2. The van der Waals surface area contributed by atoms with Crippen LogP contribution in [-0.4, -0.2) is 29.4 Å². The molecule has 1 fully saturated rings. The Morgan fingerprint density at radius 2 is 2.28 bits per heavy atom. The van der Waals surface area contributed by atoms with Gasteiger partial charge in [-0.15, -0.1) is 0 Å². The van der Waals surface area contributed by atoms with Crippen molar-refractivity contribution < 1.29 is 9.59 Å². The molecular weight excluding hydrogens is 277 g/mol. The number of piperidine rings is 1. The van der Waals surface area contributed by atoms with E-state index in [0.717, 1.165) is 0 Å². The van der Waals surface area contributed by atoms with E-state index in [-0.39, 0.29) is 28.0 Å². The Morgan fingerprint density at radius 1 is 1.50 bits per heavy atom. The van der Waals surface area contributed by atoms with Gasteiger partial charge in [0.25, 0.3) is 5.91 Å². The fraction of sp³-hybridized carbons (Fsp3) is 0.364. The zero-order valence-corrected chi connectivity index (χ0v) is 10.9. The number of nitrogens with zero attached hydrogens (tertiary/aromatic N) is 1. The van der Waals surface area contributed by atoms with E-state index in [4.69, 9.17) is 23.2 Å². The first-order chi connectivity index (χ1) is 8.56. The first kappa shape index (κ1) is 13.1. The van der Waals surface area contributed by atoms with Gasteiger partial charge >= 0.3 is 0 Å². The van der Waals surface area contributed by atoms with E-state index in [1.54, 1.807) is 0 Å². The van der Waals surface area contributed by atoms with Gasteiger partial charge in [-0.2, -0.15) is 0 Å². The second-order valence-corrected chi connectivity index (χ2v) is 4.77. The summed E-state index contributed by atoms with van der Waals surface area (Å²) in [5, 5.41) is 5.90. The Bertz CT molecular complexity index is 483. The summed E-state index contributed by atoms with van der Waals surface area (Å²) >= 11 is 11.5. The van der Waals surface area contributed by atoms with E-state index >= 15 is 0 Å². The molecule has 0 bridgehead atoms. The third-order valence-electron chi connectivity index (χ3n) is 2.66. The zero-order valence-electron chi connectivity index (χ0n) is 9.37. The molecule has 5 nitrogen and oxygen atoms in total. The lowest BCUT2D eigenvalue weighted by Crippen LogP contribution is -2.47. The Kier molecular flexibility index (Phi) is 4.04. The molecule has 1 saturated heterocycles. The minimum atomic E-state index is -0.276. The maximum atomic E-state index is 11.9. The largest absolute Gasteiger partial charge is 0.354 e. The van der Waals surface area contributed by atoms with Crippen LogP contribution in [0.1, 0.15) is 23.2 Å². The van der Waals surface area contributed by atoms with Gasteiger partial charge < -0.3 is 10.6 Å². The summed E-state index contributed by atoms with van der Waals surface area (Å²) in [6.45, 7) is 0.444. The molecule has 2 rings (SSSR count). The van der Waals surface area contributed by atoms with Crippen molar-refractivity contribution >= 4 is 35.0 Å². The van der Waals surface area contributed by atoms with Crippen LogP contribution in [0.15, 0.2) is 12.3 Å². The van der Waals surface area contributed by atoms with Crippen LogP contribution >= 0.6 is 23.2 Å². The van der Waals surface area contributed by atoms with Crippen LogP contribution in [0.2, 0.25) is 10.2 Å². The molecule has 2 amide bonds. The minimum Gasteiger partial charge on any atom is -0.354 e. The number of hydrogen-bond acceptors (Lipinski definition) is 3. The summed E-state index contributed by atoms with van der Waals surface area (Å²) in [5.41, 5.74) is 0.348. The minimum absolute atomic E-state index is 0.0108. The normalized spacial score (nSPS) is 19.2. The van der Waals surface area contributed by atoms with Gasteiger partial charge in [0.2, 0.25) is 5.91 Å². The summed E-state index contributed by atoms with van der Waals surface area (Å²) < 4.78 is 0. The van der Waals surface area contributed by atoms with Crippen LogP contribution in [0.25, 0.3) is 0 Å². The molecule has 0 aliphatic carbocycles. The van der Waals surface area contributed by atoms with E-state index in [2.05, 4.69) is 15.6 Å². The number of halogens is 2. The molecule has 1 unspecified atom stereocenters. The maximum absolute atomic E-state index is 11.9. The first-order valence-electron chi connectivity index (χ1n) is 5.45. The average Bonchev–Trinajstić information content (AvgIpc) is 2.35. The molecule has 2 heterocycles. The lowest BCUT2D eigenvalue weighted by Gasteiger charge is -2.23. The Hall–Kier alpha value is -1.33. The predicted molar refractivity (Wildman–Crippen MR) is 67.8 cm³/mol. The molecule has 1 atom stereocenters. The van der Waals surface area contributed by atoms with Crippen LogP contribution < -0.4 is 10.6 Å². The molecule has 0 radical (unpaired) electrons. The summed E-state index contributed by atoms with van der Waals surface area (Å²) in [4.78, 5) is 26.7. The molecule has 0 saturated carbocycles. The van der Waals surface area contributed by atoms with Crippen molar-refractivity contribution in [3.8, 4) is 0 Å². The highest BCUT2D eigenvalue weighted by molar-refractivity contribution is 6.41. The lowest BCUT2D eigenvalue weighted by molar-refractivity contribution is -0.122. The van der Waals surface area contributed by atoms with Crippen LogP contribution in [0.3, 0.4) is 0 Å². The molecule has 96 valence electrons. The van der Waals surface area contributed by atoms with Crippen LogP contribution in [0, 0.1) is 0 Å². The third kappa shape index (κ3) is 3.11. The summed E-state index contributed by atoms with van der Waals surface area (Å²) in [7, 11) is 0. The highest BCUT2D eigenvalue weighted by Crippen LogP contribution is 2.19. The van der Waals surface area contributed by atoms with Crippen molar-refractivity contribution in [2.75, 3.05) is 6.54 Å². The van der Waals surface area contributed by atoms with E-state index in [1.165, 1.54) is 12.3 Å². The van der Waals surface area contributed by atoms with Crippen molar-refractivity contribution in [1.29, 1.82) is 0 Å². The zero-order chi connectivity index (χ0) is 13.1. The summed E-state index contributed by atoms with van der Waals surface area (Å²) in [5.74, 6) is -0.265. The van der Waals surface area contributed by atoms with Crippen molar-refractivity contribution in [3.05, 3.63) is 28.0 Å². The van der Waals surface area contributed by atoms with E-state index in [9.17, 15) is 9.59 Å². The first-order valence-corrected chi connectivity index (χ1v) is 6.20.